The molecule has 0 saturated carbocycles. The molecule has 0 aromatic rings. The van der Waals surface area contributed by atoms with Crippen LogP contribution < -0.4 is 0 Å². The summed E-state index contributed by atoms with van der Waals surface area (Å²) >= 11 is 0. The topological polar surface area (TPSA) is 26.3 Å². The number of carbonyl (C=O) groups is 1. The fourth-order valence-electron chi connectivity index (χ4n) is 1.09. The summed E-state index contributed by atoms with van der Waals surface area (Å²) in [6.07, 6.45) is 6.13. The van der Waals surface area contributed by atoms with Crippen LogP contribution in [-0.4, -0.2) is 20.2 Å². The highest BCUT2D eigenvalue weighted by Crippen LogP contribution is 2.37. The van der Waals surface area contributed by atoms with Crippen molar-refractivity contribution in [3.05, 3.63) is 0 Å². The Morgan fingerprint density at radius 2 is 1.94 bits per heavy atom. The summed E-state index contributed by atoms with van der Waals surface area (Å²) in [5.74, 6) is 2.64. The van der Waals surface area contributed by atoms with E-state index in [0.717, 1.165) is 0 Å². The molecule has 0 N–H and O–H groups in total. The van der Waals surface area contributed by atoms with E-state index in [1.165, 1.54) is 0 Å². The molecule has 0 radical (unpaired) electrons. The zero-order chi connectivity index (χ0) is 13.0. The van der Waals surface area contributed by atoms with Crippen LogP contribution in [0.25, 0.3) is 0 Å². The van der Waals surface area contributed by atoms with Gasteiger partial charge in [-0.2, -0.15) is 0 Å². The van der Waals surface area contributed by atoms with Crippen LogP contribution in [-0.2, 0) is 9.22 Å². The molecule has 0 heterocycles. The molecule has 16 heavy (non-hydrogen) atoms. The molecule has 0 aliphatic rings. The van der Waals surface area contributed by atoms with Gasteiger partial charge in [0.25, 0.3) is 0 Å². The molecular weight excluding hydrogens is 216 g/mol. The Balaban J connectivity index is 4.64. The third-order valence-electron chi connectivity index (χ3n) is 3.25. The molecule has 92 valence electrons. The maximum Gasteiger partial charge on any atom is 0.193 e. The summed E-state index contributed by atoms with van der Waals surface area (Å²) in [6, 6.07) is 0. The van der Waals surface area contributed by atoms with Crippen LogP contribution in [0.4, 0.5) is 0 Å². The maximum absolute atomic E-state index is 11.5. The van der Waals surface area contributed by atoms with E-state index < -0.39 is 8.32 Å². The molecule has 0 amide bonds. The molecule has 0 fully saturated rings. The standard InChI is InChI=1S/C13H24O2Si/c1-8-9-10-12(11(2)14)15-16(6,7)13(3,4)5/h1,12H,9-10H2,2-7H3/t12-/m0/s1. The van der Waals surface area contributed by atoms with Gasteiger partial charge >= 0.3 is 0 Å². The monoisotopic (exact) mass is 240 g/mol. The van der Waals surface area contributed by atoms with Gasteiger partial charge in [-0.1, -0.05) is 20.8 Å². The summed E-state index contributed by atoms with van der Waals surface area (Å²) in [5.41, 5.74) is 0. The number of ketones is 1. The van der Waals surface area contributed by atoms with Crippen molar-refractivity contribution in [1.29, 1.82) is 0 Å². The van der Waals surface area contributed by atoms with E-state index in [-0.39, 0.29) is 16.9 Å². The Labute approximate surface area is 101 Å². The van der Waals surface area contributed by atoms with Crippen LogP contribution in [0.1, 0.15) is 40.5 Å². The Morgan fingerprint density at radius 3 is 2.25 bits per heavy atom. The van der Waals surface area contributed by atoms with Gasteiger partial charge in [-0.05, 0) is 31.5 Å². The Hall–Kier alpha value is -0.593. The summed E-state index contributed by atoms with van der Waals surface area (Å²) in [6.45, 7) is 12.4. The van der Waals surface area contributed by atoms with Gasteiger partial charge in [0.2, 0.25) is 0 Å². The second-order valence-electron chi connectivity index (χ2n) is 5.72. The zero-order valence-corrected chi connectivity index (χ0v) is 12.4. The van der Waals surface area contributed by atoms with Gasteiger partial charge in [-0.15, -0.1) is 12.3 Å². The molecule has 1 atom stereocenters. The number of carbonyl (C=O) groups excluding carboxylic acids is 1. The average molecular weight is 240 g/mol. The predicted molar refractivity (Wildman–Crippen MR) is 70.8 cm³/mol. The van der Waals surface area contributed by atoms with Crippen LogP contribution in [0, 0.1) is 12.3 Å². The second-order valence-corrected chi connectivity index (χ2v) is 10.5. The van der Waals surface area contributed by atoms with Crippen molar-refractivity contribution in [1.82, 2.24) is 0 Å². The van der Waals surface area contributed by atoms with Crippen molar-refractivity contribution in [2.45, 2.75) is 64.8 Å². The minimum Gasteiger partial charge on any atom is -0.407 e. The molecule has 3 heteroatoms. The van der Waals surface area contributed by atoms with Crippen LogP contribution >= 0.6 is 0 Å². The summed E-state index contributed by atoms with van der Waals surface area (Å²) in [4.78, 5) is 11.5. The summed E-state index contributed by atoms with van der Waals surface area (Å²) in [7, 11) is -1.87. The lowest BCUT2D eigenvalue weighted by Crippen LogP contribution is -2.45. The first-order valence-electron chi connectivity index (χ1n) is 5.73. The van der Waals surface area contributed by atoms with E-state index in [9.17, 15) is 4.79 Å². The van der Waals surface area contributed by atoms with Gasteiger partial charge < -0.3 is 4.43 Å². The fourth-order valence-corrected chi connectivity index (χ4v) is 2.44. The number of rotatable bonds is 5. The number of terminal acetylenes is 1. The van der Waals surface area contributed by atoms with Crippen molar-refractivity contribution >= 4 is 14.1 Å². The summed E-state index contributed by atoms with van der Waals surface area (Å²) < 4.78 is 6.06. The fraction of sp³-hybridized carbons (Fsp3) is 0.769. The molecule has 0 spiro atoms. The molecule has 0 saturated heterocycles. The van der Waals surface area contributed by atoms with Crippen LogP contribution in [0.2, 0.25) is 18.1 Å². The van der Waals surface area contributed by atoms with Gasteiger partial charge in [0.05, 0.1) is 0 Å². The van der Waals surface area contributed by atoms with Crippen molar-refractivity contribution < 1.29 is 9.22 Å². The highest BCUT2D eigenvalue weighted by atomic mass is 28.4. The van der Waals surface area contributed by atoms with Crippen molar-refractivity contribution in [3.63, 3.8) is 0 Å². The zero-order valence-electron chi connectivity index (χ0n) is 11.4. The van der Waals surface area contributed by atoms with Gasteiger partial charge in [0.1, 0.15) is 6.10 Å². The molecule has 0 aromatic heterocycles. The average Bonchev–Trinajstić information content (AvgIpc) is 2.09. The minimum absolute atomic E-state index is 0.0834. The number of hydrogen-bond donors (Lipinski definition) is 0. The van der Waals surface area contributed by atoms with Crippen LogP contribution in [0.15, 0.2) is 0 Å². The van der Waals surface area contributed by atoms with E-state index in [1.807, 2.05) is 0 Å². The first-order valence-corrected chi connectivity index (χ1v) is 8.64. The first-order chi connectivity index (χ1) is 7.12. The predicted octanol–water partition coefficient (Wildman–Crippen LogP) is 3.38. The quantitative estimate of drug-likeness (QED) is 0.544. The number of hydrogen-bond acceptors (Lipinski definition) is 2. The van der Waals surface area contributed by atoms with E-state index in [4.69, 9.17) is 10.8 Å². The van der Waals surface area contributed by atoms with Gasteiger partial charge in [-0.25, -0.2) is 0 Å². The van der Waals surface area contributed by atoms with Gasteiger partial charge in [0, 0.05) is 6.42 Å². The van der Waals surface area contributed by atoms with Crippen molar-refractivity contribution in [3.8, 4) is 12.3 Å². The Bertz CT molecular complexity index is 281. The lowest BCUT2D eigenvalue weighted by atomic mass is 10.1. The smallest absolute Gasteiger partial charge is 0.193 e. The first kappa shape index (κ1) is 15.4. The van der Waals surface area contributed by atoms with Crippen LogP contribution in [0.3, 0.4) is 0 Å². The molecule has 0 aliphatic heterocycles. The molecular formula is C13H24O2Si. The summed E-state index contributed by atoms with van der Waals surface area (Å²) in [5, 5.41) is 0.122. The van der Waals surface area contributed by atoms with E-state index in [1.54, 1.807) is 6.92 Å². The number of Topliss-reactive ketones (excluding diaryl/α,β-unsaturated/α-hetero) is 1. The lowest BCUT2D eigenvalue weighted by molar-refractivity contribution is -0.124. The normalized spacial score (nSPS) is 14.3. The van der Waals surface area contributed by atoms with E-state index in [2.05, 4.69) is 39.8 Å². The third-order valence-corrected chi connectivity index (χ3v) is 7.73. The van der Waals surface area contributed by atoms with Crippen LogP contribution in [0.5, 0.6) is 0 Å². The van der Waals surface area contributed by atoms with E-state index >= 15 is 0 Å². The maximum atomic E-state index is 11.5. The SMILES string of the molecule is C#CCC[C@H](O[Si](C)(C)C(C)(C)C)C(C)=O. The minimum atomic E-state index is -1.87. The highest BCUT2D eigenvalue weighted by molar-refractivity contribution is 6.74. The highest BCUT2D eigenvalue weighted by Gasteiger charge is 2.39. The molecule has 2 nitrogen and oxygen atoms in total. The van der Waals surface area contributed by atoms with E-state index in [0.29, 0.717) is 12.8 Å². The molecule has 0 aromatic carbocycles. The van der Waals surface area contributed by atoms with Crippen molar-refractivity contribution in [2.75, 3.05) is 0 Å². The van der Waals surface area contributed by atoms with Gasteiger partial charge in [0.15, 0.2) is 14.1 Å². The lowest BCUT2D eigenvalue weighted by Gasteiger charge is -2.38. The largest absolute Gasteiger partial charge is 0.407 e. The Morgan fingerprint density at radius 1 is 1.44 bits per heavy atom. The molecule has 0 unspecified atom stereocenters. The Kier molecular flexibility index (Phi) is 5.44. The van der Waals surface area contributed by atoms with Gasteiger partial charge in [-0.3, -0.25) is 4.79 Å². The molecule has 0 bridgehead atoms. The molecule has 0 aliphatic carbocycles. The molecule has 0 rings (SSSR count). The second kappa shape index (κ2) is 5.65. The van der Waals surface area contributed by atoms with Crippen molar-refractivity contribution in [2.24, 2.45) is 0 Å². The third kappa shape index (κ3) is 4.50.